The van der Waals surface area contributed by atoms with Crippen molar-refractivity contribution in [2.75, 3.05) is 5.32 Å². The van der Waals surface area contributed by atoms with E-state index in [1.54, 1.807) is 25.1 Å². The van der Waals surface area contributed by atoms with E-state index in [9.17, 15) is 18.0 Å². The number of rotatable bonds is 3. The highest BCUT2D eigenvalue weighted by Crippen LogP contribution is 2.30. The number of nitrogens with zero attached hydrogens (tertiary/aromatic N) is 2. The smallest absolute Gasteiger partial charge is 0.321 e. The first-order valence-corrected chi connectivity index (χ1v) is 8.24. The number of hydrogen-bond acceptors (Lipinski definition) is 2. The number of fused-ring (bicyclic) bond motifs is 1. The van der Waals surface area contributed by atoms with Gasteiger partial charge in [0.25, 0.3) is 5.91 Å². The molecule has 1 amide bonds. The van der Waals surface area contributed by atoms with Gasteiger partial charge in [-0.2, -0.15) is 13.2 Å². The fraction of sp³-hybridized carbons (Fsp3) is 0.222. The van der Waals surface area contributed by atoms with Crippen LogP contribution in [0.25, 0.3) is 5.65 Å². The number of anilines is 1. The Kier molecular flexibility index (Phi) is 4.66. The number of alkyl halides is 3. The van der Waals surface area contributed by atoms with E-state index in [0.29, 0.717) is 22.8 Å². The number of pyridine rings is 1. The molecule has 8 heteroatoms. The SMILES string of the molecule is CCc1nc2ccc(C(F)(F)F)cn2c1C(=O)Nc1ccc(C)c(Cl)c1. The van der Waals surface area contributed by atoms with E-state index in [2.05, 4.69) is 10.3 Å². The second kappa shape index (κ2) is 6.64. The molecule has 0 fully saturated rings. The normalized spacial score (nSPS) is 11.8. The Morgan fingerprint density at radius 3 is 2.62 bits per heavy atom. The van der Waals surface area contributed by atoms with Crippen molar-refractivity contribution in [2.24, 2.45) is 0 Å². The van der Waals surface area contributed by atoms with Gasteiger partial charge in [-0.3, -0.25) is 9.20 Å². The zero-order chi connectivity index (χ0) is 19.1. The average Bonchev–Trinajstić information content (AvgIpc) is 2.95. The van der Waals surface area contributed by atoms with Gasteiger partial charge < -0.3 is 5.32 Å². The summed E-state index contributed by atoms with van der Waals surface area (Å²) in [6.45, 7) is 3.61. The lowest BCUT2D eigenvalue weighted by Crippen LogP contribution is -2.17. The maximum absolute atomic E-state index is 13.0. The lowest BCUT2D eigenvalue weighted by Gasteiger charge is -2.10. The summed E-state index contributed by atoms with van der Waals surface area (Å²) in [5, 5.41) is 3.15. The van der Waals surface area contributed by atoms with Crippen LogP contribution in [0.5, 0.6) is 0 Å². The third kappa shape index (κ3) is 3.39. The highest BCUT2D eigenvalue weighted by atomic mass is 35.5. The molecule has 0 bridgehead atoms. The predicted octanol–water partition coefficient (Wildman–Crippen LogP) is 5.13. The van der Waals surface area contributed by atoms with Crippen LogP contribution in [0.4, 0.5) is 18.9 Å². The molecule has 0 saturated carbocycles. The van der Waals surface area contributed by atoms with Gasteiger partial charge in [0.2, 0.25) is 0 Å². The second-order valence-corrected chi connectivity index (χ2v) is 6.23. The molecule has 1 N–H and O–H groups in total. The number of aryl methyl sites for hydroxylation is 2. The fourth-order valence-electron chi connectivity index (χ4n) is 2.61. The molecule has 0 aliphatic rings. The van der Waals surface area contributed by atoms with Crippen molar-refractivity contribution in [1.82, 2.24) is 9.38 Å². The van der Waals surface area contributed by atoms with Crippen LogP contribution in [0.1, 0.15) is 34.2 Å². The number of carbonyl (C=O) groups excluding carboxylic acids is 1. The minimum atomic E-state index is -4.51. The van der Waals surface area contributed by atoms with Gasteiger partial charge in [0.05, 0.1) is 11.3 Å². The van der Waals surface area contributed by atoms with Crippen LogP contribution in [0.3, 0.4) is 0 Å². The van der Waals surface area contributed by atoms with Crippen molar-refractivity contribution in [3.05, 3.63) is 64.1 Å². The van der Waals surface area contributed by atoms with E-state index < -0.39 is 17.6 Å². The zero-order valence-electron chi connectivity index (χ0n) is 14.0. The number of nitrogens with one attached hydrogen (secondary N) is 1. The minimum Gasteiger partial charge on any atom is -0.321 e. The van der Waals surface area contributed by atoms with Crippen molar-refractivity contribution in [3.63, 3.8) is 0 Å². The summed E-state index contributed by atoms with van der Waals surface area (Å²) in [7, 11) is 0. The molecule has 2 aromatic heterocycles. The Hall–Kier alpha value is -2.54. The Morgan fingerprint density at radius 1 is 1.27 bits per heavy atom. The molecule has 4 nitrogen and oxygen atoms in total. The largest absolute Gasteiger partial charge is 0.417 e. The number of benzene rings is 1. The summed E-state index contributed by atoms with van der Waals surface area (Å²) in [6.07, 6.45) is -3.22. The molecule has 0 radical (unpaired) electrons. The van der Waals surface area contributed by atoms with Crippen LogP contribution >= 0.6 is 11.6 Å². The van der Waals surface area contributed by atoms with Gasteiger partial charge in [0.15, 0.2) is 0 Å². The molecule has 136 valence electrons. The monoisotopic (exact) mass is 381 g/mol. The van der Waals surface area contributed by atoms with Crippen molar-refractivity contribution >= 4 is 28.8 Å². The summed E-state index contributed by atoms with van der Waals surface area (Å²) in [5.41, 5.74) is 1.22. The van der Waals surface area contributed by atoms with E-state index in [-0.39, 0.29) is 11.3 Å². The van der Waals surface area contributed by atoms with Crippen LogP contribution in [0, 0.1) is 6.92 Å². The van der Waals surface area contributed by atoms with Gasteiger partial charge >= 0.3 is 6.18 Å². The Balaban J connectivity index is 2.06. The Morgan fingerprint density at radius 2 is 2.00 bits per heavy atom. The van der Waals surface area contributed by atoms with Gasteiger partial charge in [-0.25, -0.2) is 4.98 Å². The van der Waals surface area contributed by atoms with Crippen LogP contribution in [0.15, 0.2) is 36.5 Å². The maximum atomic E-state index is 13.0. The molecule has 26 heavy (non-hydrogen) atoms. The molecule has 0 unspecified atom stereocenters. The first-order chi connectivity index (χ1) is 12.2. The summed E-state index contributed by atoms with van der Waals surface area (Å²) in [6, 6.07) is 7.21. The van der Waals surface area contributed by atoms with Gasteiger partial charge in [-0.15, -0.1) is 0 Å². The topological polar surface area (TPSA) is 46.4 Å². The summed E-state index contributed by atoms with van der Waals surface area (Å²) >= 11 is 6.05. The molecule has 0 atom stereocenters. The lowest BCUT2D eigenvalue weighted by atomic mass is 10.2. The highest BCUT2D eigenvalue weighted by molar-refractivity contribution is 6.31. The molecule has 0 spiro atoms. The Bertz CT molecular complexity index is 995. The number of aromatic nitrogens is 2. The molecule has 3 rings (SSSR count). The molecule has 2 heterocycles. The number of amides is 1. The third-order valence-electron chi connectivity index (χ3n) is 4.00. The molecule has 3 aromatic rings. The third-order valence-corrected chi connectivity index (χ3v) is 4.40. The number of hydrogen-bond donors (Lipinski definition) is 1. The molecular formula is C18H15ClF3N3O. The summed E-state index contributed by atoms with van der Waals surface area (Å²) in [5.74, 6) is -0.548. The van der Waals surface area contributed by atoms with Gasteiger partial charge in [-0.05, 0) is 43.2 Å². The van der Waals surface area contributed by atoms with Crippen LogP contribution < -0.4 is 5.32 Å². The second-order valence-electron chi connectivity index (χ2n) is 5.82. The van der Waals surface area contributed by atoms with E-state index >= 15 is 0 Å². The zero-order valence-corrected chi connectivity index (χ0v) is 14.7. The van der Waals surface area contributed by atoms with Crippen molar-refractivity contribution in [3.8, 4) is 0 Å². The van der Waals surface area contributed by atoms with Crippen molar-refractivity contribution in [2.45, 2.75) is 26.4 Å². The van der Waals surface area contributed by atoms with Gasteiger partial charge in [0.1, 0.15) is 11.3 Å². The molecule has 0 saturated heterocycles. The van der Waals surface area contributed by atoms with E-state index in [1.807, 2.05) is 6.92 Å². The van der Waals surface area contributed by atoms with Crippen LogP contribution in [-0.2, 0) is 12.6 Å². The summed E-state index contributed by atoms with van der Waals surface area (Å²) in [4.78, 5) is 17.0. The number of imidazole rings is 1. The Labute approximate surface area is 152 Å². The van der Waals surface area contributed by atoms with Crippen molar-refractivity contribution in [1.29, 1.82) is 0 Å². The highest BCUT2D eigenvalue weighted by Gasteiger charge is 2.31. The molecular weight excluding hydrogens is 367 g/mol. The van der Waals surface area contributed by atoms with E-state index in [4.69, 9.17) is 11.6 Å². The van der Waals surface area contributed by atoms with Crippen molar-refractivity contribution < 1.29 is 18.0 Å². The molecule has 0 aliphatic carbocycles. The van der Waals surface area contributed by atoms with Gasteiger partial charge in [0, 0.05) is 16.9 Å². The average molecular weight is 382 g/mol. The predicted molar refractivity (Wildman–Crippen MR) is 93.7 cm³/mol. The number of halogens is 4. The maximum Gasteiger partial charge on any atom is 0.417 e. The first kappa shape index (κ1) is 18.3. The lowest BCUT2D eigenvalue weighted by molar-refractivity contribution is -0.137. The standard InChI is InChI=1S/C18H15ClF3N3O/c1-3-14-16(17(26)23-12-6-4-10(2)13(19)8-12)25-9-11(18(20,21)22)5-7-15(25)24-14/h4-9H,3H2,1-2H3,(H,23,26). The van der Waals surface area contributed by atoms with Gasteiger partial charge in [-0.1, -0.05) is 24.6 Å². The van der Waals surface area contributed by atoms with Crippen LogP contribution in [-0.4, -0.2) is 15.3 Å². The quantitative estimate of drug-likeness (QED) is 0.683. The number of carbonyl (C=O) groups is 1. The summed E-state index contributed by atoms with van der Waals surface area (Å²) < 4.78 is 40.2. The molecule has 0 aliphatic heterocycles. The first-order valence-electron chi connectivity index (χ1n) is 7.86. The molecule has 1 aromatic carbocycles. The van der Waals surface area contributed by atoms with E-state index in [0.717, 1.165) is 17.8 Å². The van der Waals surface area contributed by atoms with E-state index in [1.165, 1.54) is 10.5 Å². The fourth-order valence-corrected chi connectivity index (χ4v) is 2.79. The minimum absolute atomic E-state index is 0.0743. The van der Waals surface area contributed by atoms with Crippen LogP contribution in [0.2, 0.25) is 5.02 Å².